The van der Waals surface area contributed by atoms with Crippen LogP contribution in [-0.4, -0.2) is 28.0 Å². The van der Waals surface area contributed by atoms with E-state index in [2.05, 4.69) is 31.2 Å². The van der Waals surface area contributed by atoms with E-state index in [0.29, 0.717) is 4.47 Å². The van der Waals surface area contributed by atoms with Crippen molar-refractivity contribution >= 4 is 38.7 Å². The molecule has 1 aliphatic heterocycles. The lowest BCUT2D eigenvalue weighted by atomic mass is 10.3. The fourth-order valence-electron chi connectivity index (χ4n) is 1.93. The molecule has 3 nitrogen and oxygen atoms in total. The lowest BCUT2D eigenvalue weighted by molar-refractivity contribution is 0.571. The van der Waals surface area contributed by atoms with Crippen molar-refractivity contribution in [3.63, 3.8) is 0 Å². The summed E-state index contributed by atoms with van der Waals surface area (Å²) in [6.07, 6.45) is 0. The van der Waals surface area contributed by atoms with Gasteiger partial charge in [-0.2, -0.15) is 11.8 Å². The highest BCUT2D eigenvalue weighted by molar-refractivity contribution is 9.10. The molecular weight excluding hydrogens is 305 g/mol. The second kappa shape index (κ2) is 4.59. The van der Waals surface area contributed by atoms with E-state index in [0.717, 1.165) is 34.9 Å². The van der Waals surface area contributed by atoms with Gasteiger partial charge in [-0.25, -0.2) is 9.37 Å². The Hall–Kier alpha value is -0.590. The van der Waals surface area contributed by atoms with Gasteiger partial charge in [0.1, 0.15) is 11.6 Å². The summed E-state index contributed by atoms with van der Waals surface area (Å²) < 4.78 is 13.8. The van der Waals surface area contributed by atoms with Crippen LogP contribution in [0.3, 0.4) is 0 Å². The van der Waals surface area contributed by atoms with Gasteiger partial charge in [-0.1, -0.05) is 0 Å². The van der Waals surface area contributed by atoms with Crippen LogP contribution in [0, 0.1) is 5.82 Å². The zero-order chi connectivity index (χ0) is 11.8. The second-order valence-corrected chi connectivity index (χ2v) is 5.99. The Labute approximate surface area is 111 Å². The summed E-state index contributed by atoms with van der Waals surface area (Å²) in [4.78, 5) is 7.70. The number of H-pyrrole nitrogens is 1. The minimum absolute atomic E-state index is 0.239. The highest BCUT2D eigenvalue weighted by atomic mass is 79.9. The fraction of sp³-hybridized carbons (Fsp3) is 0.364. The van der Waals surface area contributed by atoms with Gasteiger partial charge in [0.15, 0.2) is 0 Å². The predicted molar refractivity (Wildman–Crippen MR) is 71.8 cm³/mol. The number of benzene rings is 1. The summed E-state index contributed by atoms with van der Waals surface area (Å²) in [6, 6.07) is 3.43. The maximum atomic E-state index is 13.4. The van der Waals surface area contributed by atoms with Crippen molar-refractivity contribution in [3.8, 4) is 0 Å². The third-order valence-corrected chi connectivity index (χ3v) is 4.46. The number of nitrogens with one attached hydrogen (secondary N) is 2. The van der Waals surface area contributed by atoms with Crippen LogP contribution < -0.4 is 5.32 Å². The van der Waals surface area contributed by atoms with Crippen LogP contribution in [0.4, 0.5) is 4.39 Å². The second-order valence-electron chi connectivity index (χ2n) is 3.99. The number of imidazole rings is 1. The molecule has 0 amide bonds. The van der Waals surface area contributed by atoms with Crippen LogP contribution >= 0.6 is 27.7 Å². The molecule has 1 unspecified atom stereocenters. The molecule has 0 aliphatic carbocycles. The number of nitrogens with zero attached hydrogens (tertiary/aromatic N) is 1. The Morgan fingerprint density at radius 1 is 1.47 bits per heavy atom. The van der Waals surface area contributed by atoms with Gasteiger partial charge in [0.05, 0.1) is 21.5 Å². The quantitative estimate of drug-likeness (QED) is 0.850. The van der Waals surface area contributed by atoms with Crippen molar-refractivity contribution in [2.45, 2.75) is 6.04 Å². The van der Waals surface area contributed by atoms with Gasteiger partial charge < -0.3 is 10.3 Å². The van der Waals surface area contributed by atoms with Crippen LogP contribution in [0.2, 0.25) is 0 Å². The predicted octanol–water partition coefficient (Wildman–Crippen LogP) is 2.84. The van der Waals surface area contributed by atoms with E-state index in [-0.39, 0.29) is 11.9 Å². The standard InChI is InChI=1S/C11H11BrFN3S/c12-6-3-8-9(4-7(6)13)16-11(15-8)10-5-17-2-1-14-10/h3-4,10,14H,1-2,5H2,(H,15,16). The molecule has 2 aromatic rings. The zero-order valence-corrected chi connectivity index (χ0v) is 11.4. The number of hydrogen-bond acceptors (Lipinski definition) is 3. The number of rotatable bonds is 1. The van der Waals surface area contributed by atoms with Gasteiger partial charge >= 0.3 is 0 Å². The fourth-order valence-corrected chi connectivity index (χ4v) is 3.20. The molecular formula is C11H11BrFN3S. The first-order chi connectivity index (χ1) is 8.24. The largest absolute Gasteiger partial charge is 0.341 e. The molecule has 3 rings (SSSR count). The van der Waals surface area contributed by atoms with Crippen molar-refractivity contribution in [3.05, 3.63) is 28.2 Å². The molecule has 1 saturated heterocycles. The molecule has 0 bridgehead atoms. The van der Waals surface area contributed by atoms with E-state index in [4.69, 9.17) is 0 Å². The summed E-state index contributed by atoms with van der Waals surface area (Å²) in [5.74, 6) is 2.77. The van der Waals surface area contributed by atoms with Crippen molar-refractivity contribution < 1.29 is 4.39 Å². The lowest BCUT2D eigenvalue weighted by Crippen LogP contribution is -2.30. The molecule has 2 N–H and O–H groups in total. The van der Waals surface area contributed by atoms with Crippen molar-refractivity contribution in [1.29, 1.82) is 0 Å². The van der Waals surface area contributed by atoms with Gasteiger partial charge in [0.2, 0.25) is 0 Å². The maximum absolute atomic E-state index is 13.4. The Morgan fingerprint density at radius 2 is 2.35 bits per heavy atom. The zero-order valence-electron chi connectivity index (χ0n) is 8.96. The molecule has 6 heteroatoms. The third-order valence-electron chi connectivity index (χ3n) is 2.79. The number of thioether (sulfide) groups is 1. The van der Waals surface area contributed by atoms with Gasteiger partial charge in [0.25, 0.3) is 0 Å². The molecule has 0 saturated carbocycles. The molecule has 1 aliphatic rings. The van der Waals surface area contributed by atoms with Crippen molar-refractivity contribution in [1.82, 2.24) is 15.3 Å². The van der Waals surface area contributed by atoms with E-state index < -0.39 is 0 Å². The molecule has 2 heterocycles. The first kappa shape index (κ1) is 11.5. The Morgan fingerprint density at radius 3 is 3.12 bits per heavy atom. The van der Waals surface area contributed by atoms with E-state index in [9.17, 15) is 4.39 Å². The van der Waals surface area contributed by atoms with E-state index in [1.165, 1.54) is 6.07 Å². The Bertz CT molecular complexity index is 512. The number of aromatic nitrogens is 2. The first-order valence-electron chi connectivity index (χ1n) is 5.40. The van der Waals surface area contributed by atoms with Crippen LogP contribution in [-0.2, 0) is 0 Å². The molecule has 17 heavy (non-hydrogen) atoms. The minimum Gasteiger partial charge on any atom is -0.341 e. The summed E-state index contributed by atoms with van der Waals surface area (Å²) in [7, 11) is 0. The van der Waals surface area contributed by atoms with Gasteiger partial charge in [-0.15, -0.1) is 0 Å². The molecule has 0 radical (unpaired) electrons. The number of halogens is 2. The molecule has 1 atom stereocenters. The van der Waals surface area contributed by atoms with Crippen LogP contribution in [0.25, 0.3) is 11.0 Å². The summed E-state index contributed by atoms with van der Waals surface area (Å²) in [6.45, 7) is 0.991. The Kier molecular flexibility index (Phi) is 3.10. The summed E-state index contributed by atoms with van der Waals surface area (Å²) >= 11 is 5.08. The highest BCUT2D eigenvalue weighted by Gasteiger charge is 2.18. The molecule has 1 fully saturated rings. The van der Waals surface area contributed by atoms with Crippen LogP contribution in [0.1, 0.15) is 11.9 Å². The monoisotopic (exact) mass is 315 g/mol. The summed E-state index contributed by atoms with van der Waals surface area (Å²) in [5, 5.41) is 3.41. The SMILES string of the molecule is Fc1cc2[nH]c(C3CSCCN3)nc2cc1Br. The molecule has 0 spiro atoms. The average Bonchev–Trinajstić information content (AvgIpc) is 2.74. The van der Waals surface area contributed by atoms with Crippen molar-refractivity contribution in [2.75, 3.05) is 18.1 Å². The average molecular weight is 316 g/mol. The number of aromatic amines is 1. The van der Waals surface area contributed by atoms with E-state index >= 15 is 0 Å². The lowest BCUT2D eigenvalue weighted by Gasteiger charge is -2.20. The third kappa shape index (κ3) is 2.21. The van der Waals surface area contributed by atoms with Crippen LogP contribution in [0.5, 0.6) is 0 Å². The number of fused-ring (bicyclic) bond motifs is 1. The van der Waals surface area contributed by atoms with E-state index in [1.807, 2.05) is 11.8 Å². The highest BCUT2D eigenvalue weighted by Crippen LogP contribution is 2.25. The molecule has 1 aromatic heterocycles. The number of hydrogen-bond donors (Lipinski definition) is 2. The Balaban J connectivity index is 2.00. The normalized spacial score (nSPS) is 20.9. The smallest absolute Gasteiger partial charge is 0.139 e. The molecule has 90 valence electrons. The van der Waals surface area contributed by atoms with Gasteiger partial charge in [-0.3, -0.25) is 0 Å². The van der Waals surface area contributed by atoms with Gasteiger partial charge in [0, 0.05) is 24.1 Å². The van der Waals surface area contributed by atoms with Crippen LogP contribution in [0.15, 0.2) is 16.6 Å². The maximum Gasteiger partial charge on any atom is 0.139 e. The van der Waals surface area contributed by atoms with Gasteiger partial charge in [-0.05, 0) is 22.0 Å². The molecule has 1 aromatic carbocycles. The van der Waals surface area contributed by atoms with Crippen molar-refractivity contribution in [2.24, 2.45) is 0 Å². The topological polar surface area (TPSA) is 40.7 Å². The minimum atomic E-state index is -0.265. The summed E-state index contributed by atoms with van der Waals surface area (Å²) in [5.41, 5.74) is 1.55. The first-order valence-corrected chi connectivity index (χ1v) is 7.34. The van der Waals surface area contributed by atoms with E-state index in [1.54, 1.807) is 6.07 Å².